The second kappa shape index (κ2) is 11.7. The molecule has 0 radical (unpaired) electrons. The van der Waals surface area contributed by atoms with Crippen LogP contribution < -0.4 is 5.32 Å². The molecule has 0 fully saturated rings. The average molecular weight is 551 g/mol. The lowest BCUT2D eigenvalue weighted by atomic mass is 9.77. The van der Waals surface area contributed by atoms with Crippen LogP contribution in [0.4, 0.5) is 0 Å². The number of allylic oxidation sites excluding steroid dienone is 1. The van der Waals surface area contributed by atoms with Crippen LogP contribution >= 0.6 is 11.8 Å². The standard InChI is InChI=1S/C36H30N4S/c1-41-32-20-17-27(18-21-32)35(37)33(28-19-22-34-38-23-24-40(34)26-28)25-39-36(29-11-5-2-6-12-29,30-13-7-3-8-14-30)31-15-9-4-10-16-31/h2-26,37,39H,1H3/b33-25-,37-35?. The fourth-order valence-electron chi connectivity index (χ4n) is 5.29. The van der Waals surface area contributed by atoms with Crippen LogP contribution in [0.1, 0.15) is 27.8 Å². The number of rotatable bonds is 9. The summed E-state index contributed by atoms with van der Waals surface area (Å²) in [5.74, 6) is 0. The van der Waals surface area contributed by atoms with Crippen molar-refractivity contribution in [1.29, 1.82) is 5.41 Å². The molecule has 200 valence electrons. The molecular weight excluding hydrogens is 520 g/mol. The molecule has 6 rings (SSSR count). The van der Waals surface area contributed by atoms with Crippen LogP contribution in [0.25, 0.3) is 11.2 Å². The van der Waals surface area contributed by atoms with Crippen LogP contribution in [-0.4, -0.2) is 21.4 Å². The zero-order valence-electron chi connectivity index (χ0n) is 22.7. The number of nitrogens with one attached hydrogen (secondary N) is 2. The molecule has 2 N–H and O–H groups in total. The van der Waals surface area contributed by atoms with Gasteiger partial charge in [-0.15, -0.1) is 11.8 Å². The molecule has 2 aromatic heterocycles. The summed E-state index contributed by atoms with van der Waals surface area (Å²) in [6.07, 6.45) is 9.83. The smallest absolute Gasteiger partial charge is 0.136 e. The molecule has 0 atom stereocenters. The Morgan fingerprint density at radius 2 is 1.27 bits per heavy atom. The third kappa shape index (κ3) is 5.20. The van der Waals surface area contributed by atoms with Crippen molar-refractivity contribution in [3.63, 3.8) is 0 Å². The molecule has 0 aliphatic rings. The van der Waals surface area contributed by atoms with Gasteiger partial charge in [-0.25, -0.2) is 4.98 Å². The number of imidazole rings is 1. The van der Waals surface area contributed by atoms with Crippen molar-refractivity contribution in [3.05, 3.63) is 180 Å². The molecule has 4 aromatic carbocycles. The minimum atomic E-state index is -0.697. The van der Waals surface area contributed by atoms with E-state index in [1.165, 1.54) is 4.90 Å². The zero-order valence-corrected chi connectivity index (χ0v) is 23.6. The molecule has 0 aliphatic carbocycles. The lowest BCUT2D eigenvalue weighted by Crippen LogP contribution is -2.42. The summed E-state index contributed by atoms with van der Waals surface area (Å²) in [6.45, 7) is 0. The van der Waals surface area contributed by atoms with E-state index in [0.717, 1.165) is 39.0 Å². The van der Waals surface area contributed by atoms with E-state index in [1.54, 1.807) is 18.0 Å². The number of nitrogens with zero attached hydrogens (tertiary/aromatic N) is 2. The second-order valence-electron chi connectivity index (χ2n) is 9.76. The number of hydrogen-bond donors (Lipinski definition) is 2. The largest absolute Gasteiger partial charge is 0.373 e. The Bertz CT molecular complexity index is 1690. The van der Waals surface area contributed by atoms with E-state index in [9.17, 15) is 5.41 Å². The molecule has 2 heterocycles. The highest BCUT2D eigenvalue weighted by Gasteiger charge is 2.35. The number of benzene rings is 4. The summed E-state index contributed by atoms with van der Waals surface area (Å²) in [6, 6.07) is 43.7. The maximum absolute atomic E-state index is 9.40. The number of aromatic nitrogens is 2. The van der Waals surface area contributed by atoms with Crippen LogP contribution in [0, 0.1) is 5.41 Å². The molecule has 4 nitrogen and oxygen atoms in total. The van der Waals surface area contributed by atoms with Gasteiger partial charge >= 0.3 is 0 Å². The topological polar surface area (TPSA) is 53.2 Å². The van der Waals surface area contributed by atoms with E-state index >= 15 is 0 Å². The molecular formula is C36H30N4S. The molecule has 41 heavy (non-hydrogen) atoms. The van der Waals surface area contributed by atoms with Crippen molar-refractivity contribution in [2.24, 2.45) is 0 Å². The summed E-state index contributed by atoms with van der Waals surface area (Å²) in [4.78, 5) is 5.59. The summed E-state index contributed by atoms with van der Waals surface area (Å²) < 4.78 is 1.99. The van der Waals surface area contributed by atoms with Gasteiger partial charge in [0.05, 0.1) is 5.71 Å². The maximum Gasteiger partial charge on any atom is 0.136 e. The Hall–Kier alpha value is -4.87. The first kappa shape index (κ1) is 26.4. The number of pyridine rings is 1. The fourth-order valence-corrected chi connectivity index (χ4v) is 5.70. The van der Waals surface area contributed by atoms with Crippen molar-refractivity contribution in [1.82, 2.24) is 14.7 Å². The molecule has 6 aromatic rings. The molecule has 0 unspecified atom stereocenters. The summed E-state index contributed by atoms with van der Waals surface area (Å²) in [7, 11) is 0. The van der Waals surface area contributed by atoms with E-state index in [4.69, 9.17) is 0 Å². The first-order valence-electron chi connectivity index (χ1n) is 13.5. The minimum absolute atomic E-state index is 0.438. The lowest BCUT2D eigenvalue weighted by molar-refractivity contribution is 0.552. The third-order valence-electron chi connectivity index (χ3n) is 7.40. The minimum Gasteiger partial charge on any atom is -0.373 e. The molecule has 0 saturated carbocycles. The first-order valence-corrected chi connectivity index (χ1v) is 14.7. The van der Waals surface area contributed by atoms with Crippen LogP contribution in [-0.2, 0) is 5.54 Å². The summed E-state index contributed by atoms with van der Waals surface area (Å²) in [5.41, 5.74) is 6.48. The zero-order chi connectivity index (χ0) is 28.1. The highest BCUT2D eigenvalue weighted by molar-refractivity contribution is 7.98. The highest BCUT2D eigenvalue weighted by atomic mass is 32.2. The van der Waals surface area contributed by atoms with E-state index in [2.05, 4.69) is 101 Å². The Morgan fingerprint density at radius 1 is 0.732 bits per heavy atom. The van der Waals surface area contributed by atoms with E-state index in [1.807, 2.05) is 65.5 Å². The van der Waals surface area contributed by atoms with Gasteiger partial charge in [0.1, 0.15) is 11.2 Å². The normalized spacial score (nSPS) is 11.9. The van der Waals surface area contributed by atoms with Gasteiger partial charge in [0.2, 0.25) is 0 Å². The molecule has 0 saturated heterocycles. The molecule has 0 amide bonds. The van der Waals surface area contributed by atoms with Gasteiger partial charge in [-0.1, -0.05) is 103 Å². The van der Waals surface area contributed by atoms with E-state index in [0.29, 0.717) is 5.71 Å². The first-order chi connectivity index (χ1) is 20.2. The number of thioether (sulfide) groups is 1. The monoisotopic (exact) mass is 550 g/mol. The Kier molecular flexibility index (Phi) is 7.52. The van der Waals surface area contributed by atoms with Crippen molar-refractivity contribution in [3.8, 4) is 0 Å². The molecule has 5 heteroatoms. The van der Waals surface area contributed by atoms with Crippen LogP contribution in [0.3, 0.4) is 0 Å². The third-order valence-corrected chi connectivity index (χ3v) is 8.14. The van der Waals surface area contributed by atoms with Gasteiger partial charge in [-0.2, -0.15) is 0 Å². The second-order valence-corrected chi connectivity index (χ2v) is 10.6. The Morgan fingerprint density at radius 3 is 1.80 bits per heavy atom. The van der Waals surface area contributed by atoms with Gasteiger partial charge in [0, 0.05) is 46.4 Å². The predicted octanol–water partition coefficient (Wildman–Crippen LogP) is 8.05. The van der Waals surface area contributed by atoms with Gasteiger partial charge in [0.25, 0.3) is 0 Å². The maximum atomic E-state index is 9.40. The average Bonchev–Trinajstić information content (AvgIpc) is 3.53. The Labute approximate surface area is 244 Å². The van der Waals surface area contributed by atoms with Crippen LogP contribution in [0.15, 0.2) is 157 Å². The van der Waals surface area contributed by atoms with Gasteiger partial charge in [0.15, 0.2) is 0 Å². The van der Waals surface area contributed by atoms with E-state index in [-0.39, 0.29) is 0 Å². The van der Waals surface area contributed by atoms with Gasteiger partial charge in [-0.05, 0) is 47.2 Å². The SMILES string of the molecule is CSc1ccc(C(=N)/C(=C\NC(c2ccccc2)(c2ccccc2)c2ccccc2)c2ccc3nccn3c2)cc1. The van der Waals surface area contributed by atoms with Crippen LogP contribution in [0.2, 0.25) is 0 Å². The number of fused-ring (bicyclic) bond motifs is 1. The van der Waals surface area contributed by atoms with Crippen molar-refractivity contribution >= 4 is 28.7 Å². The predicted molar refractivity (Wildman–Crippen MR) is 171 cm³/mol. The van der Waals surface area contributed by atoms with E-state index < -0.39 is 5.54 Å². The summed E-state index contributed by atoms with van der Waals surface area (Å²) in [5, 5.41) is 13.3. The fraction of sp³-hybridized carbons (Fsp3) is 0.0556. The van der Waals surface area contributed by atoms with Gasteiger partial charge in [-0.3, -0.25) is 5.41 Å². The van der Waals surface area contributed by atoms with Crippen molar-refractivity contribution in [2.45, 2.75) is 10.4 Å². The van der Waals surface area contributed by atoms with Gasteiger partial charge < -0.3 is 9.72 Å². The molecule has 0 spiro atoms. The molecule has 0 aliphatic heterocycles. The lowest BCUT2D eigenvalue weighted by Gasteiger charge is -2.37. The number of hydrogen-bond acceptors (Lipinski definition) is 4. The Balaban J connectivity index is 1.56. The summed E-state index contributed by atoms with van der Waals surface area (Å²) >= 11 is 1.70. The van der Waals surface area contributed by atoms with Crippen molar-refractivity contribution in [2.75, 3.05) is 6.26 Å². The van der Waals surface area contributed by atoms with Crippen molar-refractivity contribution < 1.29 is 0 Å². The van der Waals surface area contributed by atoms with Crippen LogP contribution in [0.5, 0.6) is 0 Å². The highest BCUT2D eigenvalue weighted by Crippen LogP contribution is 2.37. The quantitative estimate of drug-likeness (QED) is 0.109. The molecule has 0 bridgehead atoms.